The minimum atomic E-state index is -4.60. The molecule has 4 N–H and O–H groups in total. The fourth-order valence-electron chi connectivity index (χ4n) is 3.55. The molecule has 0 saturated carbocycles. The summed E-state index contributed by atoms with van der Waals surface area (Å²) in [5.74, 6) is -0.467. The number of anilines is 1. The van der Waals surface area contributed by atoms with Crippen molar-refractivity contribution in [3.8, 4) is 5.75 Å². The lowest BCUT2D eigenvalue weighted by atomic mass is 10.1. The molecular formula is C22H25F3N4O3. The van der Waals surface area contributed by atoms with Gasteiger partial charge in [-0.2, -0.15) is 13.2 Å². The molecule has 172 valence electrons. The molecule has 0 radical (unpaired) electrons. The van der Waals surface area contributed by atoms with Crippen LogP contribution in [-0.4, -0.2) is 49.5 Å². The largest absolute Gasteiger partial charge is 0.497 e. The van der Waals surface area contributed by atoms with E-state index < -0.39 is 23.6 Å². The molecule has 2 aromatic rings. The van der Waals surface area contributed by atoms with Crippen LogP contribution >= 0.6 is 0 Å². The van der Waals surface area contributed by atoms with Crippen molar-refractivity contribution >= 4 is 17.5 Å². The zero-order chi connectivity index (χ0) is 23.3. The van der Waals surface area contributed by atoms with Gasteiger partial charge < -0.3 is 21.1 Å². The molecule has 0 unspecified atom stereocenters. The summed E-state index contributed by atoms with van der Waals surface area (Å²) in [6.45, 7) is 1.85. The lowest BCUT2D eigenvalue weighted by molar-refractivity contribution is -0.137. The van der Waals surface area contributed by atoms with Crippen LogP contribution in [0.4, 0.5) is 18.9 Å². The Morgan fingerprint density at radius 1 is 1.19 bits per heavy atom. The molecule has 1 heterocycles. The number of carbonyl (C=O) groups excluding carboxylic acids is 2. The number of hydrogen-bond donors (Lipinski definition) is 3. The van der Waals surface area contributed by atoms with Gasteiger partial charge in [0.1, 0.15) is 5.75 Å². The highest BCUT2D eigenvalue weighted by atomic mass is 19.4. The highest BCUT2D eigenvalue weighted by Crippen LogP contribution is 2.31. The molecular weight excluding hydrogens is 425 g/mol. The van der Waals surface area contributed by atoms with Crippen molar-refractivity contribution in [1.82, 2.24) is 15.5 Å². The predicted molar refractivity (Wildman–Crippen MR) is 113 cm³/mol. The molecule has 7 nitrogen and oxygen atoms in total. The first-order chi connectivity index (χ1) is 15.2. The van der Waals surface area contributed by atoms with Gasteiger partial charge in [-0.15, -0.1) is 0 Å². The lowest BCUT2D eigenvalue weighted by Gasteiger charge is -2.17. The van der Waals surface area contributed by atoms with Crippen molar-refractivity contribution < 1.29 is 27.5 Å². The number of hydrogen-bond acceptors (Lipinski definition) is 5. The van der Waals surface area contributed by atoms with Crippen molar-refractivity contribution in [2.45, 2.75) is 25.2 Å². The highest BCUT2D eigenvalue weighted by molar-refractivity contribution is 6.00. The third-order valence-corrected chi connectivity index (χ3v) is 5.24. The van der Waals surface area contributed by atoms with Gasteiger partial charge in [0.25, 0.3) is 5.91 Å². The number of nitrogens with one attached hydrogen (secondary N) is 2. The van der Waals surface area contributed by atoms with E-state index in [-0.39, 0.29) is 23.8 Å². The van der Waals surface area contributed by atoms with E-state index in [1.54, 1.807) is 7.11 Å². The Balaban J connectivity index is 1.46. The maximum atomic E-state index is 12.9. The van der Waals surface area contributed by atoms with Gasteiger partial charge in [-0.1, -0.05) is 12.1 Å². The van der Waals surface area contributed by atoms with E-state index in [0.29, 0.717) is 12.6 Å². The quantitative estimate of drug-likeness (QED) is 0.563. The molecule has 0 spiro atoms. The zero-order valence-corrected chi connectivity index (χ0v) is 17.5. The molecule has 1 atom stereocenters. The Kier molecular flexibility index (Phi) is 7.24. The molecule has 1 fully saturated rings. The molecule has 0 aliphatic carbocycles. The summed E-state index contributed by atoms with van der Waals surface area (Å²) >= 11 is 0. The van der Waals surface area contributed by atoms with Gasteiger partial charge in [-0.05, 0) is 42.3 Å². The highest BCUT2D eigenvalue weighted by Gasteiger charge is 2.31. The van der Waals surface area contributed by atoms with Gasteiger partial charge in [0.2, 0.25) is 5.91 Å². The Morgan fingerprint density at radius 3 is 2.56 bits per heavy atom. The summed E-state index contributed by atoms with van der Waals surface area (Å²) in [5, 5.41) is 5.17. The Labute approximate surface area is 183 Å². The number of nitrogens with two attached hydrogens (primary N) is 1. The smallest absolute Gasteiger partial charge is 0.416 e. The third-order valence-electron chi connectivity index (χ3n) is 5.24. The van der Waals surface area contributed by atoms with Gasteiger partial charge in [0.05, 0.1) is 24.8 Å². The first kappa shape index (κ1) is 23.4. The van der Waals surface area contributed by atoms with Crippen LogP contribution in [-0.2, 0) is 17.5 Å². The number of nitrogen functional groups attached to an aromatic ring is 1. The van der Waals surface area contributed by atoms with Gasteiger partial charge in [-0.3, -0.25) is 14.5 Å². The molecule has 2 aromatic carbocycles. The Bertz CT molecular complexity index is 964. The fraction of sp³-hybridized carbons (Fsp3) is 0.364. The zero-order valence-electron chi connectivity index (χ0n) is 17.5. The fourth-order valence-corrected chi connectivity index (χ4v) is 3.55. The standard InChI is InChI=1S/C22H25F3N4O3/c1-32-17-5-2-14(3-6-17)12-29-9-8-16(13-29)28-20(30)11-27-21(31)18-10-15(22(23,24)25)4-7-19(18)26/h2-7,10,16H,8-9,11-13,26H2,1H3,(H,27,31)(H,28,30)/t16-/m1/s1. The summed E-state index contributed by atoms with van der Waals surface area (Å²) in [7, 11) is 1.61. The SMILES string of the molecule is COc1ccc(CN2CC[C@@H](NC(=O)CNC(=O)c3cc(C(F)(F)F)ccc3N)C2)cc1. The van der Waals surface area contributed by atoms with E-state index in [2.05, 4.69) is 15.5 Å². The molecule has 10 heteroatoms. The van der Waals surface area contributed by atoms with Gasteiger partial charge >= 0.3 is 6.18 Å². The summed E-state index contributed by atoms with van der Waals surface area (Å²) in [4.78, 5) is 26.6. The van der Waals surface area contributed by atoms with E-state index in [4.69, 9.17) is 10.5 Å². The summed E-state index contributed by atoms with van der Waals surface area (Å²) < 4.78 is 43.7. The van der Waals surface area contributed by atoms with Crippen molar-refractivity contribution in [2.75, 3.05) is 32.5 Å². The van der Waals surface area contributed by atoms with E-state index in [9.17, 15) is 22.8 Å². The predicted octanol–water partition coefficient (Wildman–Crippen LogP) is 2.42. The van der Waals surface area contributed by atoms with Crippen LogP contribution in [0.25, 0.3) is 0 Å². The summed E-state index contributed by atoms with van der Waals surface area (Å²) in [6.07, 6.45) is -3.84. The number of rotatable bonds is 7. The van der Waals surface area contributed by atoms with Crippen LogP contribution in [0.1, 0.15) is 27.9 Å². The van der Waals surface area contributed by atoms with Crippen LogP contribution in [0.15, 0.2) is 42.5 Å². The number of amides is 2. The maximum Gasteiger partial charge on any atom is 0.416 e. The van der Waals surface area contributed by atoms with Crippen LogP contribution in [0.3, 0.4) is 0 Å². The van der Waals surface area contributed by atoms with Crippen LogP contribution in [0, 0.1) is 0 Å². The van der Waals surface area contributed by atoms with E-state index in [1.807, 2.05) is 24.3 Å². The van der Waals surface area contributed by atoms with Crippen LogP contribution in [0.2, 0.25) is 0 Å². The number of carbonyl (C=O) groups is 2. The van der Waals surface area contributed by atoms with Crippen molar-refractivity contribution in [1.29, 1.82) is 0 Å². The number of alkyl halides is 3. The molecule has 0 aromatic heterocycles. The normalized spacial score (nSPS) is 16.6. The summed E-state index contributed by atoms with van der Waals surface area (Å²) in [5.41, 5.74) is 5.36. The second-order valence-corrected chi connectivity index (χ2v) is 7.62. The van der Waals surface area contributed by atoms with Crippen molar-refractivity contribution in [2.24, 2.45) is 0 Å². The molecule has 1 aliphatic heterocycles. The number of nitrogens with zero attached hydrogens (tertiary/aromatic N) is 1. The van der Waals surface area contributed by atoms with E-state index >= 15 is 0 Å². The average molecular weight is 450 g/mol. The maximum absolute atomic E-state index is 12.9. The number of benzene rings is 2. The molecule has 32 heavy (non-hydrogen) atoms. The molecule has 1 aliphatic rings. The number of likely N-dealkylation sites (tertiary alicyclic amines) is 1. The summed E-state index contributed by atoms with van der Waals surface area (Å²) in [6, 6.07) is 10.2. The monoisotopic (exact) mass is 450 g/mol. The number of methoxy groups -OCH3 is 1. The molecule has 2 amide bonds. The van der Waals surface area contributed by atoms with Crippen molar-refractivity contribution in [3.05, 3.63) is 59.2 Å². The average Bonchev–Trinajstić information content (AvgIpc) is 3.18. The van der Waals surface area contributed by atoms with E-state index in [1.165, 1.54) is 0 Å². The number of halogens is 3. The first-order valence-corrected chi connectivity index (χ1v) is 10.1. The molecule has 1 saturated heterocycles. The Morgan fingerprint density at radius 2 is 1.91 bits per heavy atom. The van der Waals surface area contributed by atoms with Crippen LogP contribution < -0.4 is 21.1 Å². The lowest BCUT2D eigenvalue weighted by Crippen LogP contribution is -2.43. The molecule has 3 rings (SSSR count). The van der Waals surface area contributed by atoms with Gasteiger partial charge in [-0.25, -0.2) is 0 Å². The molecule has 0 bridgehead atoms. The van der Waals surface area contributed by atoms with E-state index in [0.717, 1.165) is 43.0 Å². The topological polar surface area (TPSA) is 96.7 Å². The third kappa shape index (κ3) is 6.13. The number of ether oxygens (including phenoxy) is 1. The minimum absolute atomic E-state index is 0.0729. The van der Waals surface area contributed by atoms with Gasteiger partial charge in [0.15, 0.2) is 0 Å². The van der Waals surface area contributed by atoms with Crippen molar-refractivity contribution in [3.63, 3.8) is 0 Å². The first-order valence-electron chi connectivity index (χ1n) is 10.1. The van der Waals surface area contributed by atoms with Crippen LogP contribution in [0.5, 0.6) is 5.75 Å². The second-order valence-electron chi connectivity index (χ2n) is 7.62. The second kappa shape index (κ2) is 9.90. The minimum Gasteiger partial charge on any atom is -0.497 e. The Hall–Kier alpha value is -3.27. The van der Waals surface area contributed by atoms with Gasteiger partial charge in [0, 0.05) is 31.4 Å².